The van der Waals surface area contributed by atoms with Crippen LogP contribution in [0, 0.1) is 11.6 Å². The van der Waals surface area contributed by atoms with E-state index in [9.17, 15) is 22.4 Å². The van der Waals surface area contributed by atoms with Crippen LogP contribution in [0.2, 0.25) is 0 Å². The number of carbonyl (C=O) groups excluding carboxylic acids is 1. The number of benzene rings is 1. The normalized spacial score (nSPS) is 11.4. The van der Waals surface area contributed by atoms with Crippen LogP contribution < -0.4 is 4.74 Å². The zero-order valence-electron chi connectivity index (χ0n) is 8.48. The van der Waals surface area contributed by atoms with Gasteiger partial charge in [0.15, 0.2) is 0 Å². The molecule has 0 saturated carbocycles. The fourth-order valence-corrected chi connectivity index (χ4v) is 1.10. The summed E-state index contributed by atoms with van der Waals surface area (Å²) in [6.45, 7) is 0.276. The molecule has 0 fully saturated rings. The van der Waals surface area contributed by atoms with Crippen molar-refractivity contribution in [1.29, 1.82) is 0 Å². The van der Waals surface area contributed by atoms with E-state index in [2.05, 4.69) is 4.74 Å². The van der Waals surface area contributed by atoms with Gasteiger partial charge in [0, 0.05) is 19.1 Å². The van der Waals surface area contributed by atoms with Crippen LogP contribution in [0.25, 0.3) is 0 Å². The van der Waals surface area contributed by atoms with Gasteiger partial charge in [0.2, 0.25) is 5.78 Å². The van der Waals surface area contributed by atoms with Crippen LogP contribution in [0.3, 0.4) is 0 Å². The van der Waals surface area contributed by atoms with Gasteiger partial charge < -0.3 is 4.74 Å². The number of methoxy groups -OCH3 is 1. The minimum absolute atomic E-state index is 0.189. The second kappa shape index (κ2) is 4.11. The Morgan fingerprint density at radius 3 is 2.00 bits per heavy atom. The number of rotatable bonds is 3. The van der Waals surface area contributed by atoms with E-state index >= 15 is 0 Å². The quantitative estimate of drug-likeness (QED) is 0.595. The number of ketones is 1. The van der Waals surface area contributed by atoms with E-state index in [1.165, 1.54) is 0 Å². The zero-order valence-corrected chi connectivity index (χ0v) is 8.48. The maximum atomic E-state index is 13.2. The minimum Gasteiger partial charge on any atom is -0.497 e. The van der Waals surface area contributed by atoms with Crippen LogP contribution in [0.5, 0.6) is 5.75 Å². The Hall–Kier alpha value is -1.59. The van der Waals surface area contributed by atoms with Crippen molar-refractivity contribution in [1.82, 2.24) is 0 Å². The molecule has 88 valence electrons. The number of hydrogen-bond donors (Lipinski definition) is 0. The lowest BCUT2D eigenvalue weighted by molar-refractivity contribution is 0.0212. The molecule has 0 N–H and O–H groups in total. The van der Waals surface area contributed by atoms with Gasteiger partial charge in [0.1, 0.15) is 17.4 Å². The third kappa shape index (κ3) is 2.32. The molecule has 0 unspecified atom stereocenters. The van der Waals surface area contributed by atoms with Gasteiger partial charge in [0.25, 0.3) is 0 Å². The van der Waals surface area contributed by atoms with Crippen LogP contribution in [-0.4, -0.2) is 18.8 Å². The average molecular weight is 236 g/mol. The Balaban J connectivity index is 3.31. The van der Waals surface area contributed by atoms with Gasteiger partial charge in [-0.15, -0.1) is 0 Å². The second-order valence-electron chi connectivity index (χ2n) is 3.18. The minimum atomic E-state index is -3.82. The lowest BCUT2D eigenvalue weighted by Gasteiger charge is -2.11. The molecule has 0 heterocycles. The number of ether oxygens (including phenoxy) is 1. The molecule has 1 aromatic carbocycles. The van der Waals surface area contributed by atoms with Crippen molar-refractivity contribution in [3.05, 3.63) is 29.3 Å². The van der Waals surface area contributed by atoms with Crippen molar-refractivity contribution in [2.24, 2.45) is 0 Å². The Bertz CT molecular complexity index is 400. The Kier molecular flexibility index (Phi) is 3.21. The van der Waals surface area contributed by atoms with Crippen LogP contribution in [0.1, 0.15) is 17.3 Å². The van der Waals surface area contributed by atoms with Gasteiger partial charge in [-0.05, 0) is 0 Å². The summed E-state index contributed by atoms with van der Waals surface area (Å²) in [5.41, 5.74) is -1.26. The van der Waals surface area contributed by atoms with Crippen LogP contribution >= 0.6 is 0 Å². The molecule has 0 aliphatic rings. The third-order valence-electron chi connectivity index (χ3n) is 1.88. The highest BCUT2D eigenvalue weighted by atomic mass is 19.3. The highest BCUT2D eigenvalue weighted by Gasteiger charge is 2.37. The molecule has 0 radical (unpaired) electrons. The molecular formula is C10H8F4O2. The summed E-state index contributed by atoms with van der Waals surface area (Å²) in [5, 5.41) is 0. The summed E-state index contributed by atoms with van der Waals surface area (Å²) in [5.74, 6) is -8.65. The number of Topliss-reactive ketones (excluding diaryl/α,β-unsaturated/α-hetero) is 1. The molecule has 6 heteroatoms. The third-order valence-corrected chi connectivity index (χ3v) is 1.88. The van der Waals surface area contributed by atoms with Crippen molar-refractivity contribution in [2.45, 2.75) is 12.8 Å². The molecule has 0 spiro atoms. The first kappa shape index (κ1) is 12.5. The van der Waals surface area contributed by atoms with Gasteiger partial charge in [-0.25, -0.2) is 8.78 Å². The molecule has 0 aromatic heterocycles. The first-order valence-electron chi connectivity index (χ1n) is 4.23. The van der Waals surface area contributed by atoms with Crippen LogP contribution in [0.15, 0.2) is 12.1 Å². The number of carbonyl (C=O) groups is 1. The molecule has 0 atom stereocenters. The monoisotopic (exact) mass is 236 g/mol. The predicted molar refractivity (Wildman–Crippen MR) is 47.9 cm³/mol. The summed E-state index contributed by atoms with van der Waals surface area (Å²) in [6, 6.07) is 1.34. The number of halogens is 4. The lowest BCUT2D eigenvalue weighted by atomic mass is 10.0. The molecule has 1 aromatic rings. The molecule has 0 aliphatic heterocycles. The van der Waals surface area contributed by atoms with E-state index in [0.717, 1.165) is 7.11 Å². The zero-order chi connectivity index (χ0) is 12.5. The van der Waals surface area contributed by atoms with Crippen molar-refractivity contribution in [3.63, 3.8) is 0 Å². The van der Waals surface area contributed by atoms with Crippen molar-refractivity contribution < 1.29 is 27.1 Å². The summed E-state index contributed by atoms with van der Waals surface area (Å²) in [4.78, 5) is 11.0. The summed E-state index contributed by atoms with van der Waals surface area (Å²) < 4.78 is 56.2. The van der Waals surface area contributed by atoms with E-state index in [1.54, 1.807) is 0 Å². The van der Waals surface area contributed by atoms with Crippen molar-refractivity contribution in [3.8, 4) is 5.75 Å². The highest BCUT2D eigenvalue weighted by molar-refractivity contribution is 6.01. The average Bonchev–Trinajstić information content (AvgIpc) is 2.14. The summed E-state index contributed by atoms with van der Waals surface area (Å²) in [6.07, 6.45) is 0. The lowest BCUT2D eigenvalue weighted by Crippen LogP contribution is -2.26. The largest absolute Gasteiger partial charge is 0.497 e. The molecule has 0 saturated heterocycles. The first-order chi connectivity index (χ1) is 7.27. The van der Waals surface area contributed by atoms with Gasteiger partial charge in [-0.1, -0.05) is 0 Å². The Morgan fingerprint density at radius 1 is 1.25 bits per heavy atom. The molecule has 0 bridgehead atoms. The van der Waals surface area contributed by atoms with E-state index in [1.807, 2.05) is 0 Å². The van der Waals surface area contributed by atoms with Crippen LogP contribution in [-0.2, 0) is 0 Å². The van der Waals surface area contributed by atoms with Gasteiger partial charge in [0.05, 0.1) is 12.7 Å². The Morgan fingerprint density at radius 2 is 1.69 bits per heavy atom. The van der Waals surface area contributed by atoms with Crippen molar-refractivity contribution >= 4 is 5.78 Å². The SMILES string of the molecule is COc1cc(F)c(C(=O)C(C)(F)F)c(F)c1. The molecular weight excluding hydrogens is 228 g/mol. The van der Waals surface area contributed by atoms with E-state index in [4.69, 9.17) is 0 Å². The Labute approximate surface area is 88.8 Å². The fourth-order valence-electron chi connectivity index (χ4n) is 1.10. The standard InChI is InChI=1S/C10H8F4O2/c1-10(13,14)9(15)8-6(11)3-5(16-2)4-7(8)12/h3-4H,1-2H3. The fraction of sp³-hybridized carbons (Fsp3) is 0.300. The highest BCUT2D eigenvalue weighted by Crippen LogP contribution is 2.26. The van der Waals surface area contributed by atoms with E-state index in [-0.39, 0.29) is 12.7 Å². The maximum absolute atomic E-state index is 13.2. The van der Waals surface area contributed by atoms with Crippen LogP contribution in [0.4, 0.5) is 17.6 Å². The molecule has 1 rings (SSSR count). The summed E-state index contributed by atoms with van der Waals surface area (Å²) in [7, 11) is 1.16. The van der Waals surface area contributed by atoms with Gasteiger partial charge in [-0.3, -0.25) is 4.79 Å². The predicted octanol–water partition coefficient (Wildman–Crippen LogP) is 2.81. The van der Waals surface area contributed by atoms with Gasteiger partial charge in [-0.2, -0.15) is 8.78 Å². The number of hydrogen-bond acceptors (Lipinski definition) is 2. The van der Waals surface area contributed by atoms with Crippen molar-refractivity contribution in [2.75, 3.05) is 7.11 Å². The molecule has 16 heavy (non-hydrogen) atoms. The molecule has 0 aliphatic carbocycles. The topological polar surface area (TPSA) is 26.3 Å². The first-order valence-corrected chi connectivity index (χ1v) is 4.23. The van der Waals surface area contributed by atoms with E-state index < -0.39 is 28.9 Å². The molecule has 2 nitrogen and oxygen atoms in total. The number of alkyl halides is 2. The van der Waals surface area contributed by atoms with Gasteiger partial charge >= 0.3 is 5.92 Å². The maximum Gasteiger partial charge on any atom is 0.307 e. The summed E-state index contributed by atoms with van der Waals surface area (Å²) >= 11 is 0. The molecule has 0 amide bonds. The second-order valence-corrected chi connectivity index (χ2v) is 3.18. The smallest absolute Gasteiger partial charge is 0.307 e. The van der Waals surface area contributed by atoms with E-state index in [0.29, 0.717) is 12.1 Å².